The first-order valence-corrected chi connectivity index (χ1v) is 10.7. The van der Waals surface area contributed by atoms with E-state index >= 15 is 0 Å². The number of carbonyl (C=O) groups is 5. The normalized spacial score (nSPS) is 18.9. The van der Waals surface area contributed by atoms with Crippen molar-refractivity contribution in [2.24, 2.45) is 5.73 Å². The summed E-state index contributed by atoms with van der Waals surface area (Å²) in [6.07, 6.45) is 3.07. The molecule has 0 aromatic heterocycles. The lowest BCUT2D eigenvalue weighted by Crippen LogP contribution is -2.56. The van der Waals surface area contributed by atoms with Crippen molar-refractivity contribution in [3.63, 3.8) is 0 Å². The summed E-state index contributed by atoms with van der Waals surface area (Å²) in [4.78, 5) is 59.3. The molecule has 12 heteroatoms. The van der Waals surface area contributed by atoms with E-state index in [9.17, 15) is 24.0 Å². The van der Waals surface area contributed by atoms with E-state index in [-0.39, 0.29) is 18.4 Å². The van der Waals surface area contributed by atoms with Crippen molar-refractivity contribution in [3.8, 4) is 0 Å². The highest BCUT2D eigenvalue weighted by atomic mass is 32.2. The van der Waals surface area contributed by atoms with Gasteiger partial charge in [0.25, 0.3) is 0 Å². The average molecular weight is 432 g/mol. The lowest BCUT2D eigenvalue weighted by molar-refractivity contribution is -0.143. The molecule has 1 aliphatic heterocycles. The number of carbonyl (C=O) groups excluding carboxylic acids is 4. The van der Waals surface area contributed by atoms with Gasteiger partial charge in [0.05, 0.1) is 12.5 Å². The van der Waals surface area contributed by atoms with Gasteiger partial charge in [0.1, 0.15) is 18.1 Å². The standard InChI is InChI=1S/C17H29N5O6S/c1-9(20-15(25)10-4-3-6-19-10)14(24)21-11(5-7-29-2)16(26)22-12(17(27)28)8-13(18)23/h9-12,19H,3-8H2,1-2H3,(H2,18,23)(H,20,25)(H,21,24)(H,22,26)(H,27,28). The van der Waals surface area contributed by atoms with Crippen molar-refractivity contribution in [3.05, 3.63) is 0 Å². The van der Waals surface area contributed by atoms with Gasteiger partial charge >= 0.3 is 5.97 Å². The zero-order valence-corrected chi connectivity index (χ0v) is 17.3. The van der Waals surface area contributed by atoms with Gasteiger partial charge in [0, 0.05) is 0 Å². The van der Waals surface area contributed by atoms with Crippen molar-refractivity contribution in [2.75, 3.05) is 18.6 Å². The van der Waals surface area contributed by atoms with Crippen LogP contribution in [-0.4, -0.2) is 77.4 Å². The maximum atomic E-state index is 12.5. The minimum absolute atomic E-state index is 0.243. The Morgan fingerprint density at radius 1 is 1.14 bits per heavy atom. The van der Waals surface area contributed by atoms with E-state index in [2.05, 4.69) is 21.3 Å². The summed E-state index contributed by atoms with van der Waals surface area (Å²) in [5.74, 6) is -3.35. The van der Waals surface area contributed by atoms with Crippen LogP contribution in [0, 0.1) is 0 Å². The smallest absolute Gasteiger partial charge is 0.326 e. The first kappa shape index (κ1) is 24.7. The highest BCUT2D eigenvalue weighted by molar-refractivity contribution is 7.98. The van der Waals surface area contributed by atoms with E-state index in [4.69, 9.17) is 10.8 Å². The quantitative estimate of drug-likeness (QED) is 0.204. The molecule has 0 spiro atoms. The lowest BCUT2D eigenvalue weighted by Gasteiger charge is -2.23. The zero-order chi connectivity index (χ0) is 22.0. The average Bonchev–Trinajstić information content (AvgIpc) is 3.18. The van der Waals surface area contributed by atoms with Crippen molar-refractivity contribution in [1.82, 2.24) is 21.3 Å². The molecule has 1 heterocycles. The van der Waals surface area contributed by atoms with Crippen molar-refractivity contribution < 1.29 is 29.1 Å². The summed E-state index contributed by atoms with van der Waals surface area (Å²) in [6.45, 7) is 2.24. The Morgan fingerprint density at radius 2 is 1.79 bits per heavy atom. The zero-order valence-electron chi connectivity index (χ0n) is 16.5. The molecule has 164 valence electrons. The summed E-state index contributed by atoms with van der Waals surface area (Å²) < 4.78 is 0. The van der Waals surface area contributed by atoms with Gasteiger partial charge in [-0.3, -0.25) is 19.2 Å². The van der Waals surface area contributed by atoms with E-state index in [1.165, 1.54) is 18.7 Å². The SMILES string of the molecule is CSCCC(NC(=O)C(C)NC(=O)C1CCCN1)C(=O)NC(CC(N)=O)C(=O)O. The maximum absolute atomic E-state index is 12.5. The fourth-order valence-electron chi connectivity index (χ4n) is 2.76. The van der Waals surface area contributed by atoms with Gasteiger partial charge < -0.3 is 32.1 Å². The second-order valence-electron chi connectivity index (χ2n) is 6.79. The van der Waals surface area contributed by atoms with Crippen molar-refractivity contribution in [1.29, 1.82) is 0 Å². The van der Waals surface area contributed by atoms with Gasteiger partial charge in [-0.05, 0) is 44.7 Å². The van der Waals surface area contributed by atoms with E-state index in [0.29, 0.717) is 12.2 Å². The summed E-state index contributed by atoms with van der Waals surface area (Å²) >= 11 is 1.45. The highest BCUT2D eigenvalue weighted by Crippen LogP contribution is 2.06. The molecule has 4 atom stereocenters. The maximum Gasteiger partial charge on any atom is 0.326 e. The Labute approximate surface area is 173 Å². The molecule has 29 heavy (non-hydrogen) atoms. The molecular formula is C17H29N5O6S. The third kappa shape index (κ3) is 8.69. The molecule has 1 rings (SSSR count). The molecule has 1 aliphatic rings. The number of carboxylic acids is 1. The molecule has 4 unspecified atom stereocenters. The van der Waals surface area contributed by atoms with Gasteiger partial charge in [0.15, 0.2) is 0 Å². The molecule has 4 amide bonds. The highest BCUT2D eigenvalue weighted by Gasteiger charge is 2.30. The molecule has 1 saturated heterocycles. The first-order valence-electron chi connectivity index (χ1n) is 9.30. The Morgan fingerprint density at radius 3 is 2.31 bits per heavy atom. The number of thioether (sulfide) groups is 1. The first-order chi connectivity index (χ1) is 13.6. The second kappa shape index (κ2) is 12.3. The number of rotatable bonds is 12. The summed E-state index contributed by atoms with van der Waals surface area (Å²) in [5, 5.41) is 19.5. The van der Waals surface area contributed by atoms with Crippen LogP contribution in [0.5, 0.6) is 0 Å². The molecule has 0 saturated carbocycles. The molecule has 0 radical (unpaired) electrons. The molecule has 11 nitrogen and oxygen atoms in total. The monoisotopic (exact) mass is 431 g/mol. The number of primary amides is 1. The summed E-state index contributed by atoms with van der Waals surface area (Å²) in [5.41, 5.74) is 5.01. The van der Waals surface area contributed by atoms with Gasteiger partial charge in [0.2, 0.25) is 23.6 Å². The summed E-state index contributed by atoms with van der Waals surface area (Å²) in [7, 11) is 0. The number of hydrogen-bond acceptors (Lipinski definition) is 7. The van der Waals surface area contributed by atoms with Crippen molar-refractivity contribution in [2.45, 2.75) is 56.8 Å². The van der Waals surface area contributed by atoms with Crippen molar-refractivity contribution >= 4 is 41.4 Å². The van der Waals surface area contributed by atoms with E-state index in [1.807, 2.05) is 6.26 Å². The molecule has 0 bridgehead atoms. The van der Waals surface area contributed by atoms with Crippen LogP contribution in [0.2, 0.25) is 0 Å². The summed E-state index contributed by atoms with van der Waals surface area (Å²) in [6, 6.07) is -3.73. The van der Waals surface area contributed by atoms with Gasteiger partial charge in [-0.15, -0.1) is 0 Å². The van der Waals surface area contributed by atoms with Crippen LogP contribution in [0.1, 0.15) is 32.6 Å². The molecule has 0 aromatic carbocycles. The third-order valence-electron chi connectivity index (χ3n) is 4.39. The number of nitrogens with one attached hydrogen (secondary N) is 4. The third-order valence-corrected chi connectivity index (χ3v) is 5.04. The minimum atomic E-state index is -1.49. The van der Waals surface area contributed by atoms with E-state index in [0.717, 1.165) is 13.0 Å². The Kier molecular flexibility index (Phi) is 10.5. The number of amides is 4. The number of nitrogens with two attached hydrogens (primary N) is 1. The predicted molar refractivity (Wildman–Crippen MR) is 107 cm³/mol. The fourth-order valence-corrected chi connectivity index (χ4v) is 3.23. The minimum Gasteiger partial charge on any atom is -0.480 e. The van der Waals surface area contributed by atoms with Crippen LogP contribution in [0.25, 0.3) is 0 Å². The largest absolute Gasteiger partial charge is 0.480 e. The van der Waals surface area contributed by atoms with Crippen LogP contribution in [-0.2, 0) is 24.0 Å². The Bertz CT molecular complexity index is 625. The molecule has 1 fully saturated rings. The molecular weight excluding hydrogens is 402 g/mol. The van der Waals surface area contributed by atoms with Crippen LogP contribution in [0.3, 0.4) is 0 Å². The molecule has 0 aromatic rings. The van der Waals surface area contributed by atoms with Crippen LogP contribution >= 0.6 is 11.8 Å². The number of aliphatic carboxylic acids is 1. The topological polar surface area (TPSA) is 180 Å². The van der Waals surface area contributed by atoms with E-state index in [1.54, 1.807) is 0 Å². The van der Waals surface area contributed by atoms with Crippen LogP contribution in [0.4, 0.5) is 0 Å². The lowest BCUT2D eigenvalue weighted by atomic mass is 10.1. The molecule has 7 N–H and O–H groups in total. The molecule has 0 aliphatic carbocycles. The Balaban J connectivity index is 2.70. The Hall–Kier alpha value is -2.34. The number of hydrogen-bond donors (Lipinski definition) is 6. The number of carboxylic acid groups (broad SMARTS) is 1. The van der Waals surface area contributed by atoms with E-state index < -0.39 is 48.2 Å². The van der Waals surface area contributed by atoms with Crippen LogP contribution in [0.15, 0.2) is 0 Å². The fraction of sp³-hybridized carbons (Fsp3) is 0.706. The van der Waals surface area contributed by atoms with Gasteiger partial charge in [-0.2, -0.15) is 11.8 Å². The second-order valence-corrected chi connectivity index (χ2v) is 7.78. The predicted octanol–water partition coefficient (Wildman–Crippen LogP) is -2.07. The van der Waals surface area contributed by atoms with Crippen LogP contribution < -0.4 is 27.0 Å². The van der Waals surface area contributed by atoms with Gasteiger partial charge in [-0.1, -0.05) is 0 Å². The van der Waals surface area contributed by atoms with Gasteiger partial charge in [-0.25, -0.2) is 4.79 Å².